The molecule has 2 aromatic carbocycles. The summed E-state index contributed by atoms with van der Waals surface area (Å²) in [4.78, 5) is 28.6. The average Bonchev–Trinajstić information content (AvgIpc) is 3.36. The molecular formula is C23H25N3O3. The van der Waals surface area contributed by atoms with Gasteiger partial charge in [-0.3, -0.25) is 9.59 Å². The minimum atomic E-state index is -0.280. The summed E-state index contributed by atoms with van der Waals surface area (Å²) in [5, 5.41) is 6.79. The summed E-state index contributed by atoms with van der Waals surface area (Å²) >= 11 is 0. The van der Waals surface area contributed by atoms with E-state index in [1.807, 2.05) is 26.0 Å². The summed E-state index contributed by atoms with van der Waals surface area (Å²) in [7, 11) is 0. The van der Waals surface area contributed by atoms with Gasteiger partial charge < -0.3 is 20.4 Å². The molecule has 1 aliphatic heterocycles. The van der Waals surface area contributed by atoms with E-state index in [-0.39, 0.29) is 17.9 Å². The highest BCUT2D eigenvalue weighted by atomic mass is 16.5. The van der Waals surface area contributed by atoms with Crippen molar-refractivity contribution in [3.8, 4) is 0 Å². The molecule has 6 heteroatoms. The minimum Gasteiger partial charge on any atom is -0.376 e. The van der Waals surface area contributed by atoms with E-state index in [1.54, 1.807) is 24.3 Å². The normalized spacial score (nSPS) is 16.1. The molecule has 3 aromatic rings. The number of carbonyl (C=O) groups is 2. The highest BCUT2D eigenvalue weighted by Crippen LogP contribution is 2.23. The third-order valence-electron chi connectivity index (χ3n) is 5.27. The number of fused-ring (bicyclic) bond motifs is 1. The molecule has 0 bridgehead atoms. The highest BCUT2D eigenvalue weighted by Gasteiger charge is 2.19. The Morgan fingerprint density at radius 1 is 1.14 bits per heavy atom. The summed E-state index contributed by atoms with van der Waals surface area (Å²) in [5.41, 5.74) is 4.55. The average molecular weight is 391 g/mol. The zero-order valence-corrected chi connectivity index (χ0v) is 16.7. The Morgan fingerprint density at radius 3 is 2.76 bits per heavy atom. The summed E-state index contributed by atoms with van der Waals surface area (Å²) in [6.07, 6.45) is 2.05. The van der Waals surface area contributed by atoms with E-state index >= 15 is 0 Å². The number of hydrogen-bond acceptors (Lipinski definition) is 3. The predicted octanol–water partition coefficient (Wildman–Crippen LogP) is 3.95. The molecule has 1 aliphatic rings. The Labute approximate surface area is 169 Å². The number of ether oxygens (including phenoxy) is 1. The number of nitrogens with one attached hydrogen (secondary N) is 3. The summed E-state index contributed by atoms with van der Waals surface area (Å²) < 4.78 is 5.55. The van der Waals surface area contributed by atoms with Gasteiger partial charge in [-0.05, 0) is 62.1 Å². The van der Waals surface area contributed by atoms with Crippen LogP contribution < -0.4 is 10.6 Å². The van der Waals surface area contributed by atoms with Crippen LogP contribution in [0.2, 0.25) is 0 Å². The lowest BCUT2D eigenvalue weighted by Gasteiger charge is -2.13. The molecule has 1 fully saturated rings. The van der Waals surface area contributed by atoms with Gasteiger partial charge in [0, 0.05) is 24.1 Å². The van der Waals surface area contributed by atoms with Gasteiger partial charge in [0.15, 0.2) is 0 Å². The fourth-order valence-corrected chi connectivity index (χ4v) is 3.81. The van der Waals surface area contributed by atoms with Crippen LogP contribution in [0.15, 0.2) is 42.5 Å². The number of anilines is 1. The van der Waals surface area contributed by atoms with Gasteiger partial charge in [0.1, 0.15) is 5.69 Å². The van der Waals surface area contributed by atoms with Gasteiger partial charge in [-0.25, -0.2) is 0 Å². The second kappa shape index (κ2) is 8.09. The molecule has 1 aromatic heterocycles. The molecule has 0 saturated carbocycles. The first-order valence-corrected chi connectivity index (χ1v) is 9.91. The number of para-hydroxylation sites is 1. The maximum atomic E-state index is 12.8. The maximum absolute atomic E-state index is 12.8. The number of rotatable bonds is 5. The van der Waals surface area contributed by atoms with E-state index in [4.69, 9.17) is 4.74 Å². The number of aryl methyl sites for hydroxylation is 2. The highest BCUT2D eigenvalue weighted by molar-refractivity contribution is 6.10. The van der Waals surface area contributed by atoms with E-state index in [9.17, 15) is 9.59 Å². The lowest BCUT2D eigenvalue weighted by Crippen LogP contribution is -2.32. The van der Waals surface area contributed by atoms with E-state index in [0.29, 0.717) is 23.5 Å². The van der Waals surface area contributed by atoms with Crippen molar-refractivity contribution < 1.29 is 14.3 Å². The molecule has 1 unspecified atom stereocenters. The SMILES string of the molecule is Cc1cc(C)c2cc(C(=O)Nc3ccccc3C(=O)NCC3CCCO3)[nH]c2c1. The number of aromatic nitrogens is 1. The molecule has 0 aliphatic carbocycles. The Hall–Kier alpha value is -3.12. The Kier molecular flexibility index (Phi) is 5.36. The zero-order chi connectivity index (χ0) is 20.4. The number of H-pyrrole nitrogens is 1. The molecule has 29 heavy (non-hydrogen) atoms. The van der Waals surface area contributed by atoms with Crippen LogP contribution in [0.25, 0.3) is 10.9 Å². The quantitative estimate of drug-likeness (QED) is 0.616. The maximum Gasteiger partial charge on any atom is 0.272 e. The van der Waals surface area contributed by atoms with E-state index in [1.165, 1.54) is 0 Å². The molecular weight excluding hydrogens is 366 g/mol. The van der Waals surface area contributed by atoms with Crippen molar-refractivity contribution in [2.24, 2.45) is 0 Å². The molecule has 150 valence electrons. The van der Waals surface area contributed by atoms with Crippen LogP contribution in [-0.4, -0.2) is 36.1 Å². The first kappa shape index (κ1) is 19.2. The smallest absolute Gasteiger partial charge is 0.272 e. The Morgan fingerprint density at radius 2 is 1.97 bits per heavy atom. The predicted molar refractivity (Wildman–Crippen MR) is 113 cm³/mol. The Balaban J connectivity index is 1.51. The van der Waals surface area contributed by atoms with Gasteiger partial charge in [-0.1, -0.05) is 18.2 Å². The van der Waals surface area contributed by atoms with Crippen molar-refractivity contribution in [2.45, 2.75) is 32.8 Å². The van der Waals surface area contributed by atoms with Gasteiger partial charge in [0.05, 0.1) is 17.4 Å². The van der Waals surface area contributed by atoms with Crippen LogP contribution >= 0.6 is 0 Å². The van der Waals surface area contributed by atoms with Crippen LogP contribution in [0, 0.1) is 13.8 Å². The monoisotopic (exact) mass is 391 g/mol. The molecule has 1 saturated heterocycles. The van der Waals surface area contributed by atoms with E-state index in [2.05, 4.69) is 21.7 Å². The second-order valence-electron chi connectivity index (χ2n) is 7.57. The minimum absolute atomic E-state index is 0.0683. The Bertz CT molecular complexity index is 1060. The fourth-order valence-electron chi connectivity index (χ4n) is 3.81. The lowest BCUT2D eigenvalue weighted by atomic mass is 10.1. The molecule has 4 rings (SSSR count). The van der Waals surface area contributed by atoms with Crippen LogP contribution in [0.5, 0.6) is 0 Å². The summed E-state index contributed by atoms with van der Waals surface area (Å²) in [5.74, 6) is -0.503. The first-order valence-electron chi connectivity index (χ1n) is 9.91. The van der Waals surface area contributed by atoms with Crippen molar-refractivity contribution in [3.63, 3.8) is 0 Å². The fraction of sp³-hybridized carbons (Fsp3) is 0.304. The van der Waals surface area contributed by atoms with Gasteiger partial charge in [-0.2, -0.15) is 0 Å². The van der Waals surface area contributed by atoms with Crippen molar-refractivity contribution in [2.75, 3.05) is 18.5 Å². The van der Waals surface area contributed by atoms with Crippen LogP contribution in [-0.2, 0) is 4.74 Å². The zero-order valence-electron chi connectivity index (χ0n) is 16.7. The van der Waals surface area contributed by atoms with Gasteiger partial charge in [0.2, 0.25) is 0 Å². The molecule has 0 spiro atoms. The van der Waals surface area contributed by atoms with E-state index < -0.39 is 0 Å². The number of hydrogen-bond donors (Lipinski definition) is 3. The van der Waals surface area contributed by atoms with Gasteiger partial charge in [-0.15, -0.1) is 0 Å². The number of amides is 2. The van der Waals surface area contributed by atoms with Crippen LogP contribution in [0.1, 0.15) is 44.8 Å². The molecule has 2 heterocycles. The van der Waals surface area contributed by atoms with Crippen molar-refractivity contribution in [3.05, 3.63) is 64.8 Å². The van der Waals surface area contributed by atoms with Crippen molar-refractivity contribution >= 4 is 28.4 Å². The molecule has 1 atom stereocenters. The molecule has 6 nitrogen and oxygen atoms in total. The first-order chi connectivity index (χ1) is 14.0. The van der Waals surface area contributed by atoms with Crippen LogP contribution in [0.3, 0.4) is 0 Å². The van der Waals surface area contributed by atoms with Crippen molar-refractivity contribution in [1.82, 2.24) is 10.3 Å². The van der Waals surface area contributed by atoms with Crippen LogP contribution in [0.4, 0.5) is 5.69 Å². The third-order valence-corrected chi connectivity index (χ3v) is 5.27. The number of benzene rings is 2. The van der Waals surface area contributed by atoms with Gasteiger partial charge in [0.25, 0.3) is 11.8 Å². The summed E-state index contributed by atoms with van der Waals surface area (Å²) in [6.45, 7) is 5.27. The second-order valence-corrected chi connectivity index (χ2v) is 7.57. The lowest BCUT2D eigenvalue weighted by molar-refractivity contribution is 0.0858. The largest absolute Gasteiger partial charge is 0.376 e. The number of carbonyl (C=O) groups excluding carboxylic acids is 2. The van der Waals surface area contributed by atoms with E-state index in [0.717, 1.165) is 41.5 Å². The van der Waals surface area contributed by atoms with Crippen molar-refractivity contribution in [1.29, 1.82) is 0 Å². The molecule has 0 radical (unpaired) electrons. The standard InChI is InChI=1S/C23H25N3O3/c1-14-10-15(2)18-12-21(25-20(18)11-14)23(28)26-19-8-4-3-7-17(19)22(27)24-13-16-6-5-9-29-16/h3-4,7-8,10-12,16,25H,5-6,9,13H2,1-2H3,(H,24,27)(H,26,28). The number of aromatic amines is 1. The topological polar surface area (TPSA) is 83.2 Å². The third kappa shape index (κ3) is 4.17. The molecule has 3 N–H and O–H groups in total. The summed E-state index contributed by atoms with van der Waals surface area (Å²) in [6, 6.07) is 13.0. The molecule has 2 amide bonds. The van der Waals surface area contributed by atoms with Gasteiger partial charge >= 0.3 is 0 Å².